The predicted molar refractivity (Wildman–Crippen MR) is 67.4 cm³/mol. The smallest absolute Gasteiger partial charge is 0.303 e. The molecule has 0 aromatic heterocycles. The first-order valence-electron chi connectivity index (χ1n) is 5.39. The monoisotopic (exact) mass is 292 g/mol. The first kappa shape index (κ1) is 17.5. The second-order valence-corrected chi connectivity index (χ2v) is 3.89. The van der Waals surface area contributed by atoms with E-state index in [1.54, 1.807) is 0 Å². The lowest BCUT2D eigenvalue weighted by Gasteiger charge is -2.28. The van der Waals surface area contributed by atoms with Crippen LogP contribution in [0.3, 0.4) is 0 Å². The van der Waals surface area contributed by atoms with Crippen molar-refractivity contribution in [3.63, 3.8) is 0 Å². The topological polar surface area (TPSA) is 99.1 Å². The molecule has 3 atom stereocenters. The van der Waals surface area contributed by atoms with Crippen molar-refractivity contribution in [2.45, 2.75) is 39.1 Å². The van der Waals surface area contributed by atoms with E-state index in [-0.39, 0.29) is 0 Å². The van der Waals surface area contributed by atoms with E-state index in [9.17, 15) is 19.5 Å². The van der Waals surface area contributed by atoms with Crippen LogP contribution in [0.1, 0.15) is 20.8 Å². The van der Waals surface area contributed by atoms with E-state index in [0.29, 0.717) is 0 Å². The predicted octanol–water partition coefficient (Wildman–Crippen LogP) is -0.227. The summed E-state index contributed by atoms with van der Waals surface area (Å²) >= 11 is 4.69. The molecule has 0 aromatic rings. The SMILES string of the molecule is CC(=O)O[C@@H]([C@H](C=S)OC(C)=O)[C@@H](CO)OC(C)=O. The summed E-state index contributed by atoms with van der Waals surface area (Å²) in [6.07, 6.45) is -3.48. The van der Waals surface area contributed by atoms with Gasteiger partial charge in [-0.15, -0.1) is 0 Å². The molecule has 108 valence electrons. The minimum absolute atomic E-state index is 0.613. The second-order valence-electron chi connectivity index (χ2n) is 3.61. The first-order chi connectivity index (χ1) is 8.81. The first-order valence-corrected chi connectivity index (χ1v) is 5.86. The fraction of sp³-hybridized carbons (Fsp3) is 0.636. The van der Waals surface area contributed by atoms with Crippen molar-refractivity contribution in [3.8, 4) is 0 Å². The van der Waals surface area contributed by atoms with Crippen molar-refractivity contribution in [2.75, 3.05) is 6.61 Å². The van der Waals surface area contributed by atoms with E-state index in [0.717, 1.165) is 26.1 Å². The van der Waals surface area contributed by atoms with Gasteiger partial charge in [-0.25, -0.2) is 0 Å². The normalized spacial score (nSPS) is 14.7. The van der Waals surface area contributed by atoms with Crippen molar-refractivity contribution in [1.29, 1.82) is 0 Å². The van der Waals surface area contributed by atoms with Crippen LogP contribution in [0.4, 0.5) is 0 Å². The fourth-order valence-corrected chi connectivity index (χ4v) is 1.54. The van der Waals surface area contributed by atoms with Crippen molar-refractivity contribution >= 4 is 35.5 Å². The molecule has 19 heavy (non-hydrogen) atoms. The number of aliphatic hydroxyl groups is 1. The quantitative estimate of drug-likeness (QED) is 0.390. The molecule has 0 aliphatic carbocycles. The van der Waals surface area contributed by atoms with Crippen molar-refractivity contribution < 1.29 is 33.7 Å². The molecule has 0 unspecified atom stereocenters. The standard InChI is InChI=1S/C11H16O7S/c1-6(13)16-9(4-12)11(18-8(3)15)10(5-19)17-7(2)14/h5,9-12H,4H2,1-3H3/t9-,10+,11-/m1/s1. The van der Waals surface area contributed by atoms with Gasteiger partial charge in [-0.2, -0.15) is 0 Å². The molecule has 0 aliphatic rings. The van der Waals surface area contributed by atoms with Gasteiger partial charge in [0, 0.05) is 26.1 Å². The third kappa shape index (κ3) is 6.82. The number of hydrogen-bond donors (Lipinski definition) is 1. The summed E-state index contributed by atoms with van der Waals surface area (Å²) in [4.78, 5) is 32.9. The number of thiocarbonyl (C=S) groups is 1. The number of carbonyl (C=O) groups excluding carboxylic acids is 3. The molecule has 0 heterocycles. The molecule has 0 radical (unpaired) electrons. The lowest BCUT2D eigenvalue weighted by atomic mass is 10.1. The van der Waals surface area contributed by atoms with Gasteiger partial charge in [0.2, 0.25) is 0 Å². The molecule has 0 saturated heterocycles. The Labute approximate surface area is 115 Å². The Morgan fingerprint density at radius 2 is 1.53 bits per heavy atom. The van der Waals surface area contributed by atoms with Crippen LogP contribution in [0.15, 0.2) is 0 Å². The lowest BCUT2D eigenvalue weighted by molar-refractivity contribution is -0.179. The lowest BCUT2D eigenvalue weighted by Crippen LogP contribution is -2.47. The van der Waals surface area contributed by atoms with Crippen LogP contribution in [0.5, 0.6) is 0 Å². The Balaban J connectivity index is 5.11. The van der Waals surface area contributed by atoms with Gasteiger partial charge in [0.15, 0.2) is 18.3 Å². The Morgan fingerprint density at radius 3 is 1.84 bits per heavy atom. The minimum Gasteiger partial charge on any atom is -0.456 e. The maximum atomic E-state index is 11.0. The molecule has 0 saturated carbocycles. The van der Waals surface area contributed by atoms with Crippen molar-refractivity contribution in [1.82, 2.24) is 0 Å². The highest BCUT2D eigenvalue weighted by atomic mass is 32.1. The van der Waals surface area contributed by atoms with Crippen molar-refractivity contribution in [2.24, 2.45) is 0 Å². The zero-order valence-electron chi connectivity index (χ0n) is 10.8. The summed E-state index contributed by atoms with van der Waals surface area (Å²) in [5, 5.41) is 10.2. The van der Waals surface area contributed by atoms with Gasteiger partial charge >= 0.3 is 17.9 Å². The molecule has 0 fully saturated rings. The van der Waals surface area contributed by atoms with Gasteiger partial charge in [0.1, 0.15) is 0 Å². The van der Waals surface area contributed by atoms with E-state index < -0.39 is 42.8 Å². The fourth-order valence-electron chi connectivity index (χ4n) is 1.33. The van der Waals surface area contributed by atoms with Crippen LogP contribution in [0.25, 0.3) is 0 Å². The number of carbonyl (C=O) groups is 3. The Hall–Kier alpha value is -1.54. The molecule has 0 rings (SSSR count). The molecule has 7 nitrogen and oxygen atoms in total. The Kier molecular flexibility index (Phi) is 7.85. The highest BCUT2D eigenvalue weighted by Crippen LogP contribution is 2.13. The molecular formula is C11H16O7S. The molecule has 0 aromatic carbocycles. The zero-order chi connectivity index (χ0) is 15.0. The van der Waals surface area contributed by atoms with Crippen LogP contribution in [-0.2, 0) is 28.6 Å². The van der Waals surface area contributed by atoms with Crippen LogP contribution in [0.2, 0.25) is 0 Å². The van der Waals surface area contributed by atoms with E-state index >= 15 is 0 Å². The van der Waals surface area contributed by atoms with Crippen LogP contribution in [0, 0.1) is 0 Å². The van der Waals surface area contributed by atoms with Gasteiger partial charge in [0.05, 0.1) is 6.61 Å². The van der Waals surface area contributed by atoms with Crippen LogP contribution >= 0.6 is 12.2 Å². The highest BCUT2D eigenvalue weighted by Gasteiger charge is 2.35. The van der Waals surface area contributed by atoms with Gasteiger partial charge in [0.25, 0.3) is 0 Å². The average Bonchev–Trinajstić information content (AvgIpc) is 2.29. The number of aliphatic hydroxyl groups excluding tert-OH is 1. The van der Waals surface area contributed by atoms with E-state index in [1.165, 1.54) is 0 Å². The molecule has 8 heteroatoms. The highest BCUT2D eigenvalue weighted by molar-refractivity contribution is 7.79. The summed E-state index contributed by atoms with van der Waals surface area (Å²) in [5.41, 5.74) is 0. The summed E-state index contributed by atoms with van der Waals surface area (Å²) in [7, 11) is 0. The van der Waals surface area contributed by atoms with E-state index in [1.807, 2.05) is 0 Å². The number of ether oxygens (including phenoxy) is 3. The zero-order valence-corrected chi connectivity index (χ0v) is 11.6. The maximum Gasteiger partial charge on any atom is 0.303 e. The molecule has 0 bridgehead atoms. The Bertz CT molecular complexity index is 355. The third-order valence-electron chi connectivity index (χ3n) is 1.93. The molecule has 0 amide bonds. The van der Waals surface area contributed by atoms with Gasteiger partial charge < -0.3 is 19.3 Å². The van der Waals surface area contributed by atoms with Crippen molar-refractivity contribution in [3.05, 3.63) is 0 Å². The largest absolute Gasteiger partial charge is 0.456 e. The average molecular weight is 292 g/mol. The summed E-state index contributed by atoms with van der Waals surface area (Å²) in [6.45, 7) is 2.80. The van der Waals surface area contributed by atoms with E-state index in [2.05, 4.69) is 12.2 Å². The van der Waals surface area contributed by atoms with E-state index in [4.69, 9.17) is 14.2 Å². The second kappa shape index (κ2) is 8.54. The summed E-state index contributed by atoms with van der Waals surface area (Å²) in [6, 6.07) is 0. The third-order valence-corrected chi connectivity index (χ3v) is 2.19. The molecule has 0 aliphatic heterocycles. The van der Waals surface area contributed by atoms with Gasteiger partial charge in [-0.3, -0.25) is 14.4 Å². The molecular weight excluding hydrogens is 276 g/mol. The summed E-state index contributed by atoms with van der Waals surface area (Å²) < 4.78 is 14.6. The summed E-state index contributed by atoms with van der Waals surface area (Å²) in [5.74, 6) is -2.02. The van der Waals surface area contributed by atoms with Crippen LogP contribution in [-0.4, -0.2) is 53.3 Å². The minimum atomic E-state index is -1.20. The number of esters is 3. The Morgan fingerprint density at radius 1 is 1.05 bits per heavy atom. The molecule has 1 N–H and O–H groups in total. The number of hydrogen-bond acceptors (Lipinski definition) is 8. The number of rotatable bonds is 7. The van der Waals surface area contributed by atoms with Gasteiger partial charge in [-0.1, -0.05) is 12.2 Å². The maximum absolute atomic E-state index is 11.0. The molecule has 0 spiro atoms. The van der Waals surface area contributed by atoms with Gasteiger partial charge in [-0.05, 0) is 0 Å². The van der Waals surface area contributed by atoms with Crippen LogP contribution < -0.4 is 0 Å².